The SMILES string of the molecule is O=C(O)CCC1CCCN(C(C(=O)Nc2ccccc2)c2ccccc2)C1. The van der Waals surface area contributed by atoms with Crippen LogP contribution in [0.1, 0.15) is 37.3 Å². The molecule has 1 heterocycles. The summed E-state index contributed by atoms with van der Waals surface area (Å²) in [6.45, 7) is 1.58. The maximum atomic E-state index is 13.1. The van der Waals surface area contributed by atoms with Crippen molar-refractivity contribution in [2.45, 2.75) is 31.7 Å². The molecule has 1 aliphatic rings. The average Bonchev–Trinajstić information content (AvgIpc) is 2.68. The van der Waals surface area contributed by atoms with Crippen molar-refractivity contribution in [1.29, 1.82) is 0 Å². The van der Waals surface area contributed by atoms with Crippen LogP contribution in [-0.2, 0) is 9.59 Å². The van der Waals surface area contributed by atoms with Crippen molar-refractivity contribution in [2.24, 2.45) is 5.92 Å². The highest BCUT2D eigenvalue weighted by molar-refractivity contribution is 5.95. The standard InChI is InChI=1S/C22H26N2O3/c25-20(26)14-13-17-8-7-15-24(16-17)21(18-9-3-1-4-10-18)22(27)23-19-11-5-2-6-12-19/h1-6,9-12,17,21H,7-8,13-16H2,(H,23,27)(H,25,26). The monoisotopic (exact) mass is 366 g/mol. The largest absolute Gasteiger partial charge is 0.481 e. The van der Waals surface area contributed by atoms with Crippen LogP contribution in [0.4, 0.5) is 5.69 Å². The molecule has 3 rings (SSSR count). The fourth-order valence-corrected chi connectivity index (χ4v) is 3.79. The van der Waals surface area contributed by atoms with Gasteiger partial charge < -0.3 is 10.4 Å². The third-order valence-corrected chi connectivity index (χ3v) is 5.09. The number of piperidine rings is 1. The lowest BCUT2D eigenvalue weighted by molar-refractivity contribution is -0.137. The summed E-state index contributed by atoms with van der Waals surface area (Å²) in [5.74, 6) is -0.495. The van der Waals surface area contributed by atoms with Gasteiger partial charge in [-0.25, -0.2) is 0 Å². The summed E-state index contributed by atoms with van der Waals surface area (Å²) in [5, 5.41) is 12.0. The fourth-order valence-electron chi connectivity index (χ4n) is 3.79. The van der Waals surface area contributed by atoms with Crippen LogP contribution in [0.5, 0.6) is 0 Å². The van der Waals surface area contributed by atoms with E-state index in [4.69, 9.17) is 5.11 Å². The van der Waals surface area contributed by atoms with Gasteiger partial charge in [0.2, 0.25) is 5.91 Å². The molecular formula is C22H26N2O3. The quantitative estimate of drug-likeness (QED) is 0.779. The highest BCUT2D eigenvalue weighted by Crippen LogP contribution is 2.30. The molecule has 1 amide bonds. The number of hydrogen-bond acceptors (Lipinski definition) is 3. The molecule has 1 saturated heterocycles. The molecule has 0 bridgehead atoms. The molecule has 2 atom stereocenters. The molecule has 2 N–H and O–H groups in total. The van der Waals surface area contributed by atoms with Gasteiger partial charge in [0.05, 0.1) is 0 Å². The molecule has 1 aliphatic heterocycles. The summed E-state index contributed by atoms with van der Waals surface area (Å²) in [6.07, 6.45) is 2.84. The van der Waals surface area contributed by atoms with E-state index < -0.39 is 5.97 Å². The first-order valence-electron chi connectivity index (χ1n) is 9.50. The molecule has 1 fully saturated rings. The zero-order valence-corrected chi connectivity index (χ0v) is 15.4. The van der Waals surface area contributed by atoms with Crippen LogP contribution < -0.4 is 5.32 Å². The predicted octanol–water partition coefficient (Wildman–Crippen LogP) is 3.94. The van der Waals surface area contributed by atoms with E-state index in [1.165, 1.54) is 0 Å². The number of anilines is 1. The Hall–Kier alpha value is -2.66. The number of benzene rings is 2. The Morgan fingerprint density at radius 1 is 1.07 bits per heavy atom. The molecule has 2 unspecified atom stereocenters. The van der Waals surface area contributed by atoms with Crippen LogP contribution in [0.2, 0.25) is 0 Å². The molecule has 0 radical (unpaired) electrons. The summed E-state index contributed by atoms with van der Waals surface area (Å²) in [7, 11) is 0. The lowest BCUT2D eigenvalue weighted by atomic mass is 9.91. The van der Waals surface area contributed by atoms with Crippen molar-refractivity contribution < 1.29 is 14.7 Å². The van der Waals surface area contributed by atoms with E-state index in [0.717, 1.165) is 37.2 Å². The van der Waals surface area contributed by atoms with Crippen LogP contribution >= 0.6 is 0 Å². The molecule has 5 nitrogen and oxygen atoms in total. The molecular weight excluding hydrogens is 340 g/mol. The van der Waals surface area contributed by atoms with E-state index in [0.29, 0.717) is 12.3 Å². The summed E-state index contributed by atoms with van der Waals surface area (Å²) in [5.41, 5.74) is 1.74. The number of rotatable bonds is 7. The van der Waals surface area contributed by atoms with Crippen LogP contribution in [0, 0.1) is 5.92 Å². The minimum atomic E-state index is -0.756. The minimum absolute atomic E-state index is 0.0497. The molecule has 0 saturated carbocycles. The van der Waals surface area contributed by atoms with E-state index in [1.54, 1.807) is 0 Å². The second-order valence-corrected chi connectivity index (χ2v) is 7.10. The number of carbonyl (C=O) groups excluding carboxylic acids is 1. The van der Waals surface area contributed by atoms with Crippen LogP contribution in [0.25, 0.3) is 0 Å². The first kappa shape index (κ1) is 19.1. The van der Waals surface area contributed by atoms with Gasteiger partial charge in [-0.15, -0.1) is 0 Å². The summed E-state index contributed by atoms with van der Waals surface area (Å²) in [6, 6.07) is 18.9. The van der Waals surface area contributed by atoms with Crippen molar-refractivity contribution in [2.75, 3.05) is 18.4 Å². The maximum Gasteiger partial charge on any atom is 0.303 e. The second kappa shape index (κ2) is 9.33. The number of carboxylic acid groups (broad SMARTS) is 1. The number of hydrogen-bond donors (Lipinski definition) is 2. The van der Waals surface area contributed by atoms with Gasteiger partial charge in [-0.3, -0.25) is 14.5 Å². The van der Waals surface area contributed by atoms with E-state index in [9.17, 15) is 9.59 Å². The zero-order valence-electron chi connectivity index (χ0n) is 15.4. The second-order valence-electron chi connectivity index (χ2n) is 7.10. The van der Waals surface area contributed by atoms with Gasteiger partial charge in [0, 0.05) is 18.7 Å². The molecule has 0 aromatic heterocycles. The van der Waals surface area contributed by atoms with Crippen molar-refractivity contribution in [3.63, 3.8) is 0 Å². The number of aliphatic carboxylic acids is 1. The maximum absolute atomic E-state index is 13.1. The zero-order chi connectivity index (χ0) is 19.1. The Labute approximate surface area is 160 Å². The van der Waals surface area contributed by atoms with Gasteiger partial charge in [0.15, 0.2) is 0 Å². The van der Waals surface area contributed by atoms with Crippen molar-refractivity contribution in [3.05, 3.63) is 66.2 Å². The van der Waals surface area contributed by atoms with E-state index in [2.05, 4.69) is 10.2 Å². The molecule has 142 valence electrons. The highest BCUT2D eigenvalue weighted by Gasteiger charge is 2.31. The Bertz CT molecular complexity index is 749. The number of para-hydroxylation sites is 1. The molecule has 0 aliphatic carbocycles. The highest BCUT2D eigenvalue weighted by atomic mass is 16.4. The molecule has 27 heavy (non-hydrogen) atoms. The van der Waals surface area contributed by atoms with Crippen LogP contribution in [0.15, 0.2) is 60.7 Å². The lowest BCUT2D eigenvalue weighted by Gasteiger charge is -2.37. The summed E-state index contributed by atoms with van der Waals surface area (Å²) in [4.78, 5) is 26.2. The molecule has 2 aromatic rings. The van der Waals surface area contributed by atoms with Gasteiger partial charge >= 0.3 is 5.97 Å². The predicted molar refractivity (Wildman–Crippen MR) is 105 cm³/mol. The molecule has 0 spiro atoms. The van der Waals surface area contributed by atoms with Gasteiger partial charge in [-0.05, 0) is 49.4 Å². The van der Waals surface area contributed by atoms with Gasteiger partial charge in [-0.1, -0.05) is 48.5 Å². The van der Waals surface area contributed by atoms with E-state index >= 15 is 0 Å². The number of nitrogens with zero attached hydrogens (tertiary/aromatic N) is 1. The Kier molecular flexibility index (Phi) is 6.60. The number of amides is 1. The van der Waals surface area contributed by atoms with Crippen LogP contribution in [-0.4, -0.2) is 35.0 Å². The number of carboxylic acids is 1. The van der Waals surface area contributed by atoms with Crippen LogP contribution in [0.3, 0.4) is 0 Å². The third kappa shape index (κ3) is 5.41. The van der Waals surface area contributed by atoms with Gasteiger partial charge in [-0.2, -0.15) is 0 Å². The van der Waals surface area contributed by atoms with Crippen molar-refractivity contribution in [3.8, 4) is 0 Å². The van der Waals surface area contributed by atoms with E-state index in [1.807, 2.05) is 60.7 Å². The fraction of sp³-hybridized carbons (Fsp3) is 0.364. The normalized spacial score (nSPS) is 18.6. The molecule has 2 aromatic carbocycles. The van der Waals surface area contributed by atoms with Gasteiger partial charge in [0.1, 0.15) is 6.04 Å². The Balaban J connectivity index is 1.77. The summed E-state index contributed by atoms with van der Waals surface area (Å²) < 4.78 is 0. The number of likely N-dealkylation sites (tertiary alicyclic amines) is 1. The Morgan fingerprint density at radius 2 is 1.74 bits per heavy atom. The number of carbonyl (C=O) groups is 2. The van der Waals surface area contributed by atoms with Crippen molar-refractivity contribution in [1.82, 2.24) is 4.90 Å². The lowest BCUT2D eigenvalue weighted by Crippen LogP contribution is -2.43. The average molecular weight is 366 g/mol. The number of nitrogens with one attached hydrogen (secondary N) is 1. The smallest absolute Gasteiger partial charge is 0.303 e. The first-order chi connectivity index (χ1) is 13.1. The van der Waals surface area contributed by atoms with Crippen molar-refractivity contribution >= 4 is 17.6 Å². The van der Waals surface area contributed by atoms with Gasteiger partial charge in [0.25, 0.3) is 0 Å². The summed E-state index contributed by atoms with van der Waals surface area (Å²) >= 11 is 0. The van der Waals surface area contributed by atoms with E-state index in [-0.39, 0.29) is 18.4 Å². The topological polar surface area (TPSA) is 69.6 Å². The first-order valence-corrected chi connectivity index (χ1v) is 9.50. The minimum Gasteiger partial charge on any atom is -0.481 e. The third-order valence-electron chi connectivity index (χ3n) is 5.09. The molecule has 5 heteroatoms. The Morgan fingerprint density at radius 3 is 2.41 bits per heavy atom.